The van der Waals surface area contributed by atoms with Crippen LogP contribution in [0.25, 0.3) is 0 Å². The van der Waals surface area contributed by atoms with E-state index in [-0.39, 0.29) is 23.8 Å². The topological polar surface area (TPSA) is 64.0 Å². The third-order valence-electron chi connectivity index (χ3n) is 4.60. The van der Waals surface area contributed by atoms with Crippen LogP contribution in [-0.2, 0) is 32.7 Å². The Morgan fingerprint density at radius 2 is 1.83 bits per heavy atom. The molecule has 0 saturated carbocycles. The molecule has 0 aliphatic rings. The molecular weight excluding hydrogens is 370 g/mol. The van der Waals surface area contributed by atoms with E-state index in [2.05, 4.69) is 0 Å². The minimum atomic E-state index is -0.128. The molecule has 0 aliphatic carbocycles. The number of methoxy groups -OCH3 is 1. The van der Waals surface area contributed by atoms with E-state index in [0.29, 0.717) is 52.3 Å². The van der Waals surface area contributed by atoms with Gasteiger partial charge in [-0.25, -0.2) is 0 Å². The first-order valence-corrected chi connectivity index (χ1v) is 10.4. The Hall–Kier alpha value is -1.86. The summed E-state index contributed by atoms with van der Waals surface area (Å²) < 4.78 is 12.6. The molecule has 0 aliphatic heterocycles. The van der Waals surface area contributed by atoms with Crippen molar-refractivity contribution in [3.63, 3.8) is 0 Å². The zero-order valence-electron chi connectivity index (χ0n) is 19.1. The second kappa shape index (κ2) is 12.6. The minimum Gasteiger partial charge on any atom is -0.383 e. The molecule has 166 valence electrons. The van der Waals surface area contributed by atoms with Gasteiger partial charge in [-0.3, -0.25) is 9.59 Å². The fraction of sp³-hybridized carbons (Fsp3) is 0.727. The Kier molecular flexibility index (Phi) is 11.0. The molecule has 0 spiro atoms. The Balaban J connectivity index is 2.84. The number of carbonyl (C=O) groups is 2. The molecule has 0 atom stereocenters. The van der Waals surface area contributed by atoms with Crippen molar-refractivity contribution >= 4 is 11.8 Å². The summed E-state index contributed by atoms with van der Waals surface area (Å²) in [6.07, 6.45) is 3.08. The normalized spacial score (nSPS) is 11.5. The molecule has 1 aromatic heterocycles. The fourth-order valence-electron chi connectivity index (χ4n) is 2.97. The van der Waals surface area contributed by atoms with Gasteiger partial charge in [0.1, 0.15) is 0 Å². The molecule has 0 fully saturated rings. The van der Waals surface area contributed by atoms with E-state index in [9.17, 15) is 9.59 Å². The highest BCUT2D eigenvalue weighted by Gasteiger charge is 2.25. The Bertz CT molecular complexity index is 622. The molecule has 0 N–H and O–H groups in total. The lowest BCUT2D eigenvalue weighted by Crippen LogP contribution is -2.45. The van der Waals surface area contributed by atoms with Gasteiger partial charge in [-0.1, -0.05) is 20.8 Å². The molecule has 7 nitrogen and oxygen atoms in total. The van der Waals surface area contributed by atoms with Crippen molar-refractivity contribution < 1.29 is 19.1 Å². The first-order valence-electron chi connectivity index (χ1n) is 10.4. The molecule has 0 aromatic carbocycles. The van der Waals surface area contributed by atoms with Gasteiger partial charge in [-0.2, -0.15) is 0 Å². The molecule has 1 aromatic rings. The molecule has 29 heavy (non-hydrogen) atoms. The maximum Gasteiger partial charge on any atom is 0.242 e. The number of hydrogen-bond acceptors (Lipinski definition) is 4. The standard InChI is InChI=1S/C22H39N3O4/c1-7-29-14-9-12-24(20(26)16-22(2,3)4)18-21(27)25(13-15-28-6)17-19-10-8-11-23(19)5/h8,10-11H,7,9,12-18H2,1-6H3. The highest BCUT2D eigenvalue weighted by atomic mass is 16.5. The highest BCUT2D eigenvalue weighted by Crippen LogP contribution is 2.20. The van der Waals surface area contributed by atoms with Crippen molar-refractivity contribution in [3.8, 4) is 0 Å². The number of aryl methyl sites for hydroxylation is 1. The summed E-state index contributed by atoms with van der Waals surface area (Å²) in [4.78, 5) is 29.4. The van der Waals surface area contributed by atoms with Crippen LogP contribution in [0, 0.1) is 5.41 Å². The van der Waals surface area contributed by atoms with Crippen molar-refractivity contribution in [3.05, 3.63) is 24.0 Å². The molecule has 0 saturated heterocycles. The summed E-state index contributed by atoms with van der Waals surface area (Å²) in [5.41, 5.74) is 0.912. The number of nitrogens with zero attached hydrogens (tertiary/aromatic N) is 3. The number of aromatic nitrogens is 1. The average molecular weight is 410 g/mol. The van der Waals surface area contributed by atoms with Gasteiger partial charge in [-0.05, 0) is 30.9 Å². The van der Waals surface area contributed by atoms with Crippen LogP contribution in [0.2, 0.25) is 0 Å². The second-order valence-corrected chi connectivity index (χ2v) is 8.52. The number of rotatable bonds is 13. The first-order chi connectivity index (χ1) is 13.7. The van der Waals surface area contributed by atoms with Crippen LogP contribution in [0.1, 0.15) is 46.2 Å². The third kappa shape index (κ3) is 9.94. The fourth-order valence-corrected chi connectivity index (χ4v) is 2.97. The van der Waals surface area contributed by atoms with E-state index in [1.165, 1.54) is 0 Å². The summed E-state index contributed by atoms with van der Waals surface area (Å²) >= 11 is 0. The predicted molar refractivity (Wildman–Crippen MR) is 114 cm³/mol. The molecule has 7 heteroatoms. The van der Waals surface area contributed by atoms with Crippen LogP contribution in [0.5, 0.6) is 0 Å². The lowest BCUT2D eigenvalue weighted by atomic mass is 9.91. The quantitative estimate of drug-likeness (QED) is 0.470. The zero-order valence-corrected chi connectivity index (χ0v) is 19.1. The van der Waals surface area contributed by atoms with Crippen molar-refractivity contribution in [2.75, 3.05) is 46.6 Å². The minimum absolute atomic E-state index is 0.00732. The van der Waals surface area contributed by atoms with Gasteiger partial charge in [0.15, 0.2) is 0 Å². The predicted octanol–water partition coefficient (Wildman–Crippen LogP) is 2.69. The maximum atomic E-state index is 13.1. The Labute approximate surface area is 175 Å². The zero-order chi connectivity index (χ0) is 21.9. The van der Waals surface area contributed by atoms with Crippen molar-refractivity contribution in [2.45, 2.75) is 47.1 Å². The summed E-state index contributed by atoms with van der Waals surface area (Å²) in [5.74, 6) is -0.0603. The highest BCUT2D eigenvalue weighted by molar-refractivity contribution is 5.85. The first kappa shape index (κ1) is 25.2. The van der Waals surface area contributed by atoms with Gasteiger partial charge in [0.2, 0.25) is 11.8 Å². The van der Waals surface area contributed by atoms with E-state index in [0.717, 1.165) is 5.69 Å². The molecule has 0 radical (unpaired) electrons. The largest absolute Gasteiger partial charge is 0.383 e. The van der Waals surface area contributed by atoms with Crippen molar-refractivity contribution in [1.82, 2.24) is 14.4 Å². The number of hydrogen-bond donors (Lipinski definition) is 0. The van der Waals surface area contributed by atoms with Gasteiger partial charge < -0.3 is 23.8 Å². The van der Waals surface area contributed by atoms with Crippen LogP contribution in [0.15, 0.2) is 18.3 Å². The van der Waals surface area contributed by atoms with E-state index >= 15 is 0 Å². The molecular formula is C22H39N3O4. The van der Waals surface area contributed by atoms with Crippen LogP contribution in [-0.4, -0.2) is 72.7 Å². The van der Waals surface area contributed by atoms with Crippen LogP contribution in [0.3, 0.4) is 0 Å². The van der Waals surface area contributed by atoms with Gasteiger partial charge in [0.05, 0.1) is 19.7 Å². The summed E-state index contributed by atoms with van der Waals surface area (Å²) in [6, 6.07) is 3.96. The summed E-state index contributed by atoms with van der Waals surface area (Å²) in [6.45, 7) is 11.3. The SMILES string of the molecule is CCOCCCN(CC(=O)N(CCOC)Cc1cccn1C)C(=O)CC(C)(C)C. The Morgan fingerprint density at radius 1 is 1.10 bits per heavy atom. The van der Waals surface area contributed by atoms with Gasteiger partial charge >= 0.3 is 0 Å². The number of carbonyl (C=O) groups excluding carboxylic acids is 2. The van der Waals surface area contributed by atoms with Crippen LogP contribution < -0.4 is 0 Å². The van der Waals surface area contributed by atoms with Gasteiger partial charge in [0, 0.05) is 58.8 Å². The van der Waals surface area contributed by atoms with Crippen LogP contribution >= 0.6 is 0 Å². The van der Waals surface area contributed by atoms with Crippen molar-refractivity contribution in [2.24, 2.45) is 12.5 Å². The lowest BCUT2D eigenvalue weighted by Gasteiger charge is -2.29. The summed E-state index contributed by atoms with van der Waals surface area (Å²) in [5, 5.41) is 0. The van der Waals surface area contributed by atoms with E-state index in [1.54, 1.807) is 16.9 Å². The third-order valence-corrected chi connectivity index (χ3v) is 4.60. The van der Waals surface area contributed by atoms with Gasteiger partial charge in [0.25, 0.3) is 0 Å². The van der Waals surface area contributed by atoms with Gasteiger partial charge in [-0.15, -0.1) is 0 Å². The Morgan fingerprint density at radius 3 is 2.38 bits per heavy atom. The molecule has 0 bridgehead atoms. The molecule has 0 unspecified atom stereocenters. The average Bonchev–Trinajstić information content (AvgIpc) is 3.04. The molecule has 2 amide bonds. The maximum absolute atomic E-state index is 13.1. The summed E-state index contributed by atoms with van der Waals surface area (Å²) in [7, 11) is 3.58. The number of amides is 2. The lowest BCUT2D eigenvalue weighted by molar-refractivity contribution is -0.142. The molecule has 1 rings (SSSR count). The monoisotopic (exact) mass is 409 g/mol. The van der Waals surface area contributed by atoms with E-state index in [4.69, 9.17) is 9.47 Å². The smallest absolute Gasteiger partial charge is 0.242 e. The van der Waals surface area contributed by atoms with Crippen molar-refractivity contribution in [1.29, 1.82) is 0 Å². The van der Waals surface area contributed by atoms with E-state index in [1.807, 2.05) is 57.6 Å². The number of ether oxygens (including phenoxy) is 2. The van der Waals surface area contributed by atoms with Crippen LogP contribution in [0.4, 0.5) is 0 Å². The second-order valence-electron chi connectivity index (χ2n) is 8.52. The molecule has 1 heterocycles. The van der Waals surface area contributed by atoms with E-state index < -0.39 is 0 Å².